The van der Waals surface area contributed by atoms with Crippen molar-refractivity contribution in [3.8, 4) is 17.6 Å². The smallest absolute Gasteiger partial charge is 0.264 e. The lowest BCUT2D eigenvalue weighted by atomic mass is 10.2. The molecule has 0 saturated heterocycles. The quantitative estimate of drug-likeness (QED) is 0.515. The normalized spacial score (nSPS) is 10.7. The molecular weight excluding hydrogens is 442 g/mol. The van der Waals surface area contributed by atoms with E-state index in [-0.39, 0.29) is 29.5 Å². The number of nitrogens with one attached hydrogen (secondary N) is 1. The number of nitriles is 1. The molecule has 3 aromatic carbocycles. The standard InChI is InChI=1S/C24H23N3O5S/c1-3-27(19-10-5-4-6-11-19)33(29,30)20-13-14-23(31-2)21(15-20)26-24(28)17-32-22-12-8-7-9-18(22)16-25/h4-15H,3,17H2,1-2H3,(H,26,28). The molecule has 3 rings (SSSR count). The highest BCUT2D eigenvalue weighted by Crippen LogP contribution is 2.30. The maximum absolute atomic E-state index is 13.3. The number of para-hydroxylation sites is 2. The Morgan fingerprint density at radius 3 is 2.39 bits per heavy atom. The fourth-order valence-corrected chi connectivity index (χ4v) is 4.67. The summed E-state index contributed by atoms with van der Waals surface area (Å²) in [6, 6.07) is 21.6. The Bertz CT molecular complexity index is 1270. The summed E-state index contributed by atoms with van der Waals surface area (Å²) in [6.45, 7) is 1.60. The van der Waals surface area contributed by atoms with Gasteiger partial charge in [-0.05, 0) is 49.4 Å². The van der Waals surface area contributed by atoms with Gasteiger partial charge in [0.2, 0.25) is 0 Å². The van der Waals surface area contributed by atoms with E-state index in [4.69, 9.17) is 14.7 Å². The van der Waals surface area contributed by atoms with E-state index in [9.17, 15) is 13.2 Å². The number of hydrogen-bond acceptors (Lipinski definition) is 6. The Hall–Kier alpha value is -4.03. The molecule has 9 heteroatoms. The molecule has 33 heavy (non-hydrogen) atoms. The number of benzene rings is 3. The van der Waals surface area contributed by atoms with Crippen LogP contribution in [0, 0.1) is 11.3 Å². The van der Waals surface area contributed by atoms with E-state index in [2.05, 4.69) is 5.32 Å². The number of carbonyl (C=O) groups is 1. The SMILES string of the molecule is CCN(c1ccccc1)S(=O)(=O)c1ccc(OC)c(NC(=O)COc2ccccc2C#N)c1. The second-order valence-corrected chi connectivity index (χ2v) is 8.67. The zero-order chi connectivity index (χ0) is 23.8. The summed E-state index contributed by atoms with van der Waals surface area (Å²) < 4.78 is 38.6. The number of nitrogens with zero attached hydrogens (tertiary/aromatic N) is 2. The molecule has 3 aromatic rings. The molecule has 0 atom stereocenters. The van der Waals surface area contributed by atoms with Crippen LogP contribution in [0.4, 0.5) is 11.4 Å². The van der Waals surface area contributed by atoms with Crippen LogP contribution in [0.3, 0.4) is 0 Å². The van der Waals surface area contributed by atoms with Crippen LogP contribution in [0.2, 0.25) is 0 Å². The van der Waals surface area contributed by atoms with Crippen molar-refractivity contribution in [2.24, 2.45) is 0 Å². The Labute approximate surface area is 193 Å². The van der Waals surface area contributed by atoms with Crippen LogP contribution in [0.1, 0.15) is 12.5 Å². The molecule has 8 nitrogen and oxygen atoms in total. The predicted molar refractivity (Wildman–Crippen MR) is 125 cm³/mol. The molecule has 0 aromatic heterocycles. The molecule has 0 aliphatic carbocycles. The van der Waals surface area contributed by atoms with E-state index in [1.807, 2.05) is 12.1 Å². The Morgan fingerprint density at radius 2 is 1.73 bits per heavy atom. The van der Waals surface area contributed by atoms with Crippen LogP contribution < -0.4 is 19.1 Å². The monoisotopic (exact) mass is 465 g/mol. The maximum Gasteiger partial charge on any atom is 0.264 e. The summed E-state index contributed by atoms with van der Waals surface area (Å²) in [4.78, 5) is 12.5. The average molecular weight is 466 g/mol. The first-order valence-electron chi connectivity index (χ1n) is 10.1. The highest BCUT2D eigenvalue weighted by molar-refractivity contribution is 7.92. The van der Waals surface area contributed by atoms with E-state index >= 15 is 0 Å². The van der Waals surface area contributed by atoms with Crippen LogP contribution in [0.15, 0.2) is 77.7 Å². The molecule has 0 aliphatic rings. The number of hydrogen-bond donors (Lipinski definition) is 1. The molecular formula is C24H23N3O5S. The second-order valence-electron chi connectivity index (χ2n) is 6.81. The molecule has 0 fully saturated rings. The van der Waals surface area contributed by atoms with E-state index < -0.39 is 15.9 Å². The predicted octanol–water partition coefficient (Wildman–Crippen LogP) is 3.80. The van der Waals surface area contributed by atoms with Crippen LogP contribution in [0.25, 0.3) is 0 Å². The molecule has 0 unspecified atom stereocenters. The highest BCUT2D eigenvalue weighted by atomic mass is 32.2. The topological polar surface area (TPSA) is 109 Å². The van der Waals surface area contributed by atoms with Crippen LogP contribution in [-0.4, -0.2) is 34.6 Å². The summed E-state index contributed by atoms with van der Waals surface area (Å²) in [7, 11) is -2.47. The summed E-state index contributed by atoms with van der Waals surface area (Å²) in [5.74, 6) is 0.0355. The third-order valence-electron chi connectivity index (χ3n) is 4.73. The van der Waals surface area contributed by atoms with Gasteiger partial charge in [0.25, 0.3) is 15.9 Å². The largest absolute Gasteiger partial charge is 0.495 e. The van der Waals surface area contributed by atoms with Gasteiger partial charge in [-0.3, -0.25) is 9.10 Å². The zero-order valence-electron chi connectivity index (χ0n) is 18.2. The molecule has 0 radical (unpaired) electrons. The van der Waals surface area contributed by atoms with Crippen LogP contribution >= 0.6 is 0 Å². The molecule has 0 saturated carbocycles. The van der Waals surface area contributed by atoms with Gasteiger partial charge in [0.05, 0.1) is 28.9 Å². The minimum Gasteiger partial charge on any atom is -0.495 e. The summed E-state index contributed by atoms with van der Waals surface area (Å²) in [6.07, 6.45) is 0. The van der Waals surface area contributed by atoms with Gasteiger partial charge in [0, 0.05) is 6.54 Å². The highest BCUT2D eigenvalue weighted by Gasteiger charge is 2.25. The van der Waals surface area contributed by atoms with Crippen LogP contribution in [0.5, 0.6) is 11.5 Å². The summed E-state index contributed by atoms with van der Waals surface area (Å²) in [5, 5.41) is 11.8. The van der Waals surface area contributed by atoms with Crippen molar-refractivity contribution in [3.05, 3.63) is 78.4 Å². The van der Waals surface area contributed by atoms with Gasteiger partial charge in [-0.2, -0.15) is 5.26 Å². The fourth-order valence-electron chi connectivity index (χ4n) is 3.17. The van der Waals surface area contributed by atoms with Crippen molar-refractivity contribution in [1.29, 1.82) is 5.26 Å². The van der Waals surface area contributed by atoms with E-state index in [1.165, 1.54) is 29.6 Å². The molecule has 0 spiro atoms. The lowest BCUT2D eigenvalue weighted by Gasteiger charge is -2.23. The minimum absolute atomic E-state index is 0.0000440. The lowest BCUT2D eigenvalue weighted by Crippen LogP contribution is -2.30. The number of amides is 1. The number of ether oxygens (including phenoxy) is 2. The fraction of sp³-hybridized carbons (Fsp3) is 0.167. The first kappa shape index (κ1) is 23.6. The summed E-state index contributed by atoms with van der Waals surface area (Å²) >= 11 is 0. The number of carbonyl (C=O) groups excluding carboxylic acids is 1. The van der Waals surface area contributed by atoms with Gasteiger partial charge < -0.3 is 14.8 Å². The van der Waals surface area contributed by atoms with Crippen LogP contribution in [-0.2, 0) is 14.8 Å². The van der Waals surface area contributed by atoms with Gasteiger partial charge in [-0.1, -0.05) is 30.3 Å². The van der Waals surface area contributed by atoms with Crippen molar-refractivity contribution in [2.75, 3.05) is 29.9 Å². The van der Waals surface area contributed by atoms with E-state index in [0.717, 1.165) is 0 Å². The minimum atomic E-state index is -3.89. The molecule has 0 aliphatic heterocycles. The third kappa shape index (κ3) is 5.42. The molecule has 1 amide bonds. The number of sulfonamides is 1. The first-order chi connectivity index (χ1) is 15.9. The summed E-state index contributed by atoms with van der Waals surface area (Å²) in [5.41, 5.74) is 1.02. The Morgan fingerprint density at radius 1 is 1.03 bits per heavy atom. The zero-order valence-corrected chi connectivity index (χ0v) is 19.0. The van der Waals surface area contributed by atoms with Crippen molar-refractivity contribution in [3.63, 3.8) is 0 Å². The molecule has 170 valence electrons. The maximum atomic E-state index is 13.3. The first-order valence-corrected chi connectivity index (χ1v) is 11.5. The number of rotatable bonds is 9. The van der Waals surface area contributed by atoms with E-state index in [1.54, 1.807) is 55.5 Å². The van der Waals surface area contributed by atoms with Gasteiger partial charge in [-0.15, -0.1) is 0 Å². The average Bonchev–Trinajstić information content (AvgIpc) is 2.83. The van der Waals surface area contributed by atoms with Gasteiger partial charge >= 0.3 is 0 Å². The van der Waals surface area contributed by atoms with Gasteiger partial charge in [-0.25, -0.2) is 8.42 Å². The van der Waals surface area contributed by atoms with Gasteiger partial charge in [0.15, 0.2) is 6.61 Å². The van der Waals surface area contributed by atoms with Crippen molar-refractivity contribution in [2.45, 2.75) is 11.8 Å². The lowest BCUT2D eigenvalue weighted by molar-refractivity contribution is -0.118. The van der Waals surface area contributed by atoms with Crippen molar-refractivity contribution in [1.82, 2.24) is 0 Å². The third-order valence-corrected chi connectivity index (χ3v) is 6.63. The molecule has 1 N–H and O–H groups in total. The van der Waals surface area contributed by atoms with Gasteiger partial charge in [0.1, 0.15) is 17.6 Å². The van der Waals surface area contributed by atoms with E-state index in [0.29, 0.717) is 17.0 Å². The van der Waals surface area contributed by atoms with Crippen molar-refractivity contribution >= 4 is 27.3 Å². The van der Waals surface area contributed by atoms with Crippen molar-refractivity contribution < 1.29 is 22.7 Å². The number of anilines is 2. The number of methoxy groups -OCH3 is 1. The Kier molecular flexibility index (Phi) is 7.53. The second kappa shape index (κ2) is 10.5. The Balaban J connectivity index is 1.83. The molecule has 0 bridgehead atoms. The molecule has 0 heterocycles.